The number of nitrogens with zero attached hydrogens (tertiary/aromatic N) is 1. The minimum atomic E-state index is -1.63. The lowest BCUT2D eigenvalue weighted by Gasteiger charge is -2.17. The van der Waals surface area contributed by atoms with Crippen LogP contribution >= 0.6 is 11.3 Å². The lowest BCUT2D eigenvalue weighted by molar-refractivity contribution is -0.147. The van der Waals surface area contributed by atoms with Crippen LogP contribution < -0.4 is 5.32 Å². The molecule has 5 nitrogen and oxygen atoms in total. The fraction of sp³-hybridized carbons (Fsp3) is 0.125. The van der Waals surface area contributed by atoms with E-state index in [2.05, 4.69) is 10.3 Å². The number of hydrogen-bond acceptors (Lipinski definition) is 5. The minimum absolute atomic E-state index is 0.0200. The van der Waals surface area contributed by atoms with Crippen LogP contribution in [0.25, 0.3) is 10.2 Å². The Hall–Kier alpha value is -3.72. The number of anilines is 1. The highest BCUT2D eigenvalue weighted by Gasteiger charge is 2.21. The van der Waals surface area contributed by atoms with Crippen LogP contribution in [0.2, 0.25) is 0 Å². The van der Waals surface area contributed by atoms with Crippen LogP contribution in [-0.2, 0) is 14.3 Å². The Kier molecular flexibility index (Phi) is 6.69. The molecule has 1 N–H and O–H groups in total. The third kappa shape index (κ3) is 5.20. The largest absolute Gasteiger partial charge is 0.456 e. The van der Waals surface area contributed by atoms with E-state index in [4.69, 9.17) is 4.74 Å². The number of nitrogens with one attached hydrogen (secondary N) is 1. The maximum atomic E-state index is 13.8. The van der Waals surface area contributed by atoms with E-state index in [1.807, 2.05) is 60.7 Å². The van der Waals surface area contributed by atoms with E-state index < -0.39 is 35.9 Å². The number of esters is 1. The zero-order valence-corrected chi connectivity index (χ0v) is 17.9. The average Bonchev–Trinajstić information content (AvgIpc) is 3.23. The van der Waals surface area contributed by atoms with Crippen LogP contribution in [0.3, 0.4) is 0 Å². The molecule has 3 aromatic carbocycles. The van der Waals surface area contributed by atoms with Gasteiger partial charge < -0.3 is 4.74 Å². The molecule has 0 saturated heterocycles. The Balaban J connectivity index is 1.39. The van der Waals surface area contributed by atoms with Gasteiger partial charge in [0.15, 0.2) is 29.2 Å². The van der Waals surface area contributed by atoms with Gasteiger partial charge in [0.05, 0.1) is 11.1 Å². The number of fused-ring (bicyclic) bond motifs is 1. The molecule has 0 fully saturated rings. The lowest BCUT2D eigenvalue weighted by Crippen LogP contribution is -2.21. The number of thiazole rings is 1. The van der Waals surface area contributed by atoms with Crippen molar-refractivity contribution in [2.24, 2.45) is 0 Å². The van der Waals surface area contributed by atoms with Gasteiger partial charge in [0.1, 0.15) is 5.52 Å². The second-order valence-electron chi connectivity index (χ2n) is 7.14. The lowest BCUT2D eigenvalue weighted by atomic mass is 9.89. The molecule has 1 heterocycles. The normalized spacial score (nSPS) is 11.0. The Morgan fingerprint density at radius 2 is 1.55 bits per heavy atom. The van der Waals surface area contributed by atoms with Crippen molar-refractivity contribution in [1.82, 2.24) is 4.98 Å². The van der Waals surface area contributed by atoms with Gasteiger partial charge in [-0.3, -0.25) is 14.9 Å². The number of amides is 1. The number of carbonyl (C=O) groups is 2. The number of hydrogen-bond donors (Lipinski definition) is 1. The maximum Gasteiger partial charge on any atom is 0.307 e. The zero-order chi connectivity index (χ0) is 23.4. The van der Waals surface area contributed by atoms with Crippen molar-refractivity contribution in [3.8, 4) is 0 Å². The third-order valence-corrected chi connectivity index (χ3v) is 5.82. The molecule has 4 rings (SSSR count). The molecule has 0 aliphatic rings. The first-order chi connectivity index (χ1) is 15.9. The van der Waals surface area contributed by atoms with Crippen molar-refractivity contribution in [1.29, 1.82) is 0 Å². The standard InChI is InChI=1S/C24H17F3N2O3S/c25-17-12-18-23(22(27)21(17)26)29-24(33-18)28-19(30)13-32-20(31)11-16(14-7-3-1-4-8-14)15-9-5-2-6-10-15/h1-10,12,16H,11,13H2,(H,28,29,30). The smallest absolute Gasteiger partial charge is 0.307 e. The first kappa shape index (κ1) is 22.5. The quantitative estimate of drug-likeness (QED) is 0.289. The molecule has 0 radical (unpaired) electrons. The molecule has 0 aliphatic heterocycles. The number of halogens is 3. The van der Waals surface area contributed by atoms with E-state index in [0.717, 1.165) is 28.5 Å². The predicted octanol–water partition coefficient (Wildman–Crippen LogP) is 5.42. The highest BCUT2D eigenvalue weighted by molar-refractivity contribution is 7.22. The van der Waals surface area contributed by atoms with Gasteiger partial charge in [-0.1, -0.05) is 72.0 Å². The Labute approximate surface area is 190 Å². The predicted molar refractivity (Wildman–Crippen MR) is 118 cm³/mol. The van der Waals surface area contributed by atoms with Crippen LogP contribution in [0, 0.1) is 17.5 Å². The summed E-state index contributed by atoms with van der Waals surface area (Å²) < 4.78 is 45.7. The first-order valence-electron chi connectivity index (χ1n) is 9.91. The first-order valence-corrected chi connectivity index (χ1v) is 10.7. The zero-order valence-electron chi connectivity index (χ0n) is 17.1. The molecule has 168 valence electrons. The van der Waals surface area contributed by atoms with E-state index in [9.17, 15) is 22.8 Å². The summed E-state index contributed by atoms with van der Waals surface area (Å²) in [7, 11) is 0. The highest BCUT2D eigenvalue weighted by Crippen LogP contribution is 2.31. The van der Waals surface area contributed by atoms with Crippen molar-refractivity contribution >= 4 is 38.6 Å². The van der Waals surface area contributed by atoms with Crippen LogP contribution in [0.5, 0.6) is 0 Å². The van der Waals surface area contributed by atoms with Crippen molar-refractivity contribution in [3.05, 3.63) is 95.3 Å². The number of ether oxygens (including phenoxy) is 1. The molecule has 0 unspecified atom stereocenters. The molecule has 9 heteroatoms. The van der Waals surface area contributed by atoms with Crippen LogP contribution in [0.4, 0.5) is 18.3 Å². The molecular weight excluding hydrogens is 453 g/mol. The van der Waals surface area contributed by atoms with Gasteiger partial charge in [-0.05, 0) is 17.2 Å². The Bertz CT molecular complexity index is 1260. The Morgan fingerprint density at radius 1 is 0.939 bits per heavy atom. The third-order valence-electron chi connectivity index (χ3n) is 4.91. The van der Waals surface area contributed by atoms with Crippen molar-refractivity contribution in [2.75, 3.05) is 11.9 Å². The number of benzene rings is 3. The average molecular weight is 470 g/mol. The van der Waals surface area contributed by atoms with Gasteiger partial charge in [0.2, 0.25) is 0 Å². The molecule has 1 amide bonds. The summed E-state index contributed by atoms with van der Waals surface area (Å²) in [6.07, 6.45) is 0.0200. The molecule has 1 aromatic heterocycles. The molecule has 0 saturated carbocycles. The van der Waals surface area contributed by atoms with Crippen LogP contribution in [0.1, 0.15) is 23.5 Å². The molecule has 33 heavy (non-hydrogen) atoms. The molecule has 0 bridgehead atoms. The van der Waals surface area contributed by atoms with Crippen molar-refractivity contribution in [2.45, 2.75) is 12.3 Å². The highest BCUT2D eigenvalue weighted by atomic mass is 32.1. The maximum absolute atomic E-state index is 13.8. The fourth-order valence-corrected chi connectivity index (χ4v) is 4.26. The van der Waals surface area contributed by atoms with Gasteiger partial charge >= 0.3 is 5.97 Å². The number of carbonyl (C=O) groups excluding carboxylic acids is 2. The van der Waals surface area contributed by atoms with Crippen molar-refractivity contribution in [3.63, 3.8) is 0 Å². The number of aromatic nitrogens is 1. The Morgan fingerprint density at radius 3 is 2.15 bits per heavy atom. The van der Waals surface area contributed by atoms with E-state index in [0.29, 0.717) is 0 Å². The molecular formula is C24H17F3N2O3S. The van der Waals surface area contributed by atoms with Crippen molar-refractivity contribution < 1.29 is 27.5 Å². The summed E-state index contributed by atoms with van der Waals surface area (Å²) in [5, 5.41) is 2.28. The summed E-state index contributed by atoms with van der Waals surface area (Å²) in [5.41, 5.74) is 1.47. The molecule has 0 aliphatic carbocycles. The summed E-state index contributed by atoms with van der Waals surface area (Å²) in [6.45, 7) is -0.587. The minimum Gasteiger partial charge on any atom is -0.456 e. The van der Waals surface area contributed by atoms with Gasteiger partial charge in [-0.25, -0.2) is 18.2 Å². The van der Waals surface area contributed by atoms with Crippen LogP contribution in [-0.4, -0.2) is 23.5 Å². The van der Waals surface area contributed by atoms with Gasteiger partial charge in [0, 0.05) is 5.92 Å². The van der Waals surface area contributed by atoms with Gasteiger partial charge in [-0.2, -0.15) is 0 Å². The van der Waals surface area contributed by atoms with Gasteiger partial charge in [0.25, 0.3) is 5.91 Å². The second-order valence-corrected chi connectivity index (χ2v) is 8.17. The van der Waals surface area contributed by atoms with Gasteiger partial charge in [-0.15, -0.1) is 0 Å². The summed E-state index contributed by atoms with van der Waals surface area (Å²) in [4.78, 5) is 28.4. The van der Waals surface area contributed by atoms with E-state index in [1.165, 1.54) is 0 Å². The topological polar surface area (TPSA) is 68.3 Å². The fourth-order valence-electron chi connectivity index (χ4n) is 3.35. The van der Waals surface area contributed by atoms with E-state index in [-0.39, 0.29) is 27.7 Å². The van der Waals surface area contributed by atoms with E-state index >= 15 is 0 Å². The summed E-state index contributed by atoms with van der Waals surface area (Å²) >= 11 is 0.772. The molecule has 0 spiro atoms. The summed E-state index contributed by atoms with van der Waals surface area (Å²) in [6, 6.07) is 19.7. The summed E-state index contributed by atoms with van der Waals surface area (Å²) in [5.74, 6) is -5.95. The molecule has 4 aromatic rings. The van der Waals surface area contributed by atoms with Crippen LogP contribution in [0.15, 0.2) is 66.7 Å². The SMILES string of the molecule is O=C(COC(=O)CC(c1ccccc1)c1ccccc1)Nc1nc2c(F)c(F)c(F)cc2s1. The number of rotatable bonds is 7. The monoisotopic (exact) mass is 470 g/mol. The second kappa shape index (κ2) is 9.83. The van der Waals surface area contributed by atoms with E-state index in [1.54, 1.807) is 0 Å². The molecule has 0 atom stereocenters.